The lowest BCUT2D eigenvalue weighted by Crippen LogP contribution is -2.29. The molecule has 5 heteroatoms. The van der Waals surface area contributed by atoms with Crippen molar-refractivity contribution in [2.75, 3.05) is 25.1 Å². The maximum absolute atomic E-state index is 5.59. The van der Waals surface area contributed by atoms with Gasteiger partial charge in [-0.1, -0.05) is 0 Å². The quantitative estimate of drug-likeness (QED) is 0.806. The van der Waals surface area contributed by atoms with E-state index in [4.69, 9.17) is 10.5 Å². The zero-order valence-electron chi connectivity index (χ0n) is 9.59. The van der Waals surface area contributed by atoms with Crippen LogP contribution in [0.3, 0.4) is 0 Å². The minimum Gasteiger partial charge on any atom is -0.376 e. The van der Waals surface area contributed by atoms with E-state index in [0.717, 1.165) is 37.5 Å². The second kappa shape index (κ2) is 5.23. The Bertz CT molecular complexity index is 339. The van der Waals surface area contributed by atoms with Crippen molar-refractivity contribution in [1.82, 2.24) is 9.97 Å². The van der Waals surface area contributed by atoms with E-state index in [9.17, 15) is 0 Å². The topological polar surface area (TPSA) is 64.3 Å². The SMILES string of the molecule is CN(CC1CCCO1)c1cncc(CN)n1. The highest BCUT2D eigenvalue weighted by Crippen LogP contribution is 2.15. The van der Waals surface area contributed by atoms with Crippen molar-refractivity contribution in [2.45, 2.75) is 25.5 Å². The van der Waals surface area contributed by atoms with E-state index >= 15 is 0 Å². The van der Waals surface area contributed by atoms with Crippen LogP contribution in [-0.2, 0) is 11.3 Å². The summed E-state index contributed by atoms with van der Waals surface area (Å²) in [5.74, 6) is 0.860. The van der Waals surface area contributed by atoms with Gasteiger partial charge in [0.05, 0.1) is 18.0 Å². The van der Waals surface area contributed by atoms with Crippen LogP contribution in [0, 0.1) is 0 Å². The number of anilines is 1. The molecule has 1 aromatic heterocycles. The molecule has 2 heterocycles. The normalized spacial score (nSPS) is 20.0. The maximum atomic E-state index is 5.59. The molecule has 1 saturated heterocycles. The van der Waals surface area contributed by atoms with Crippen LogP contribution in [-0.4, -0.2) is 36.3 Å². The van der Waals surface area contributed by atoms with Crippen molar-refractivity contribution in [3.63, 3.8) is 0 Å². The van der Waals surface area contributed by atoms with Gasteiger partial charge in [-0.25, -0.2) is 4.98 Å². The minimum absolute atomic E-state index is 0.327. The predicted octanol–water partition coefficient (Wildman–Crippen LogP) is 0.551. The van der Waals surface area contributed by atoms with Crippen LogP contribution in [0.25, 0.3) is 0 Å². The first-order valence-electron chi connectivity index (χ1n) is 5.63. The highest BCUT2D eigenvalue weighted by atomic mass is 16.5. The van der Waals surface area contributed by atoms with Gasteiger partial charge in [0.15, 0.2) is 0 Å². The molecule has 1 fully saturated rings. The van der Waals surface area contributed by atoms with Crippen molar-refractivity contribution in [2.24, 2.45) is 5.73 Å². The van der Waals surface area contributed by atoms with Crippen molar-refractivity contribution in [3.05, 3.63) is 18.1 Å². The van der Waals surface area contributed by atoms with E-state index in [2.05, 4.69) is 14.9 Å². The van der Waals surface area contributed by atoms with Crippen LogP contribution < -0.4 is 10.6 Å². The first kappa shape index (κ1) is 11.3. The van der Waals surface area contributed by atoms with Crippen LogP contribution in [0.5, 0.6) is 0 Å². The first-order valence-corrected chi connectivity index (χ1v) is 5.63. The second-order valence-corrected chi connectivity index (χ2v) is 4.09. The number of rotatable bonds is 4. The highest BCUT2D eigenvalue weighted by Gasteiger charge is 2.18. The Morgan fingerprint density at radius 2 is 2.44 bits per heavy atom. The Morgan fingerprint density at radius 1 is 1.56 bits per heavy atom. The van der Waals surface area contributed by atoms with E-state index in [1.807, 2.05) is 7.05 Å². The fourth-order valence-corrected chi connectivity index (χ4v) is 1.86. The summed E-state index contributed by atoms with van der Waals surface area (Å²) in [6, 6.07) is 0. The van der Waals surface area contributed by atoms with Gasteiger partial charge in [0.1, 0.15) is 5.82 Å². The van der Waals surface area contributed by atoms with E-state index in [1.54, 1.807) is 12.4 Å². The zero-order valence-corrected chi connectivity index (χ0v) is 9.59. The molecule has 1 aliphatic rings. The zero-order chi connectivity index (χ0) is 11.4. The summed E-state index contributed by atoms with van der Waals surface area (Å²) >= 11 is 0. The van der Waals surface area contributed by atoms with Gasteiger partial charge in [-0.3, -0.25) is 4.98 Å². The summed E-state index contributed by atoms with van der Waals surface area (Å²) in [5.41, 5.74) is 6.35. The molecule has 1 atom stereocenters. The van der Waals surface area contributed by atoms with Gasteiger partial charge in [-0.2, -0.15) is 0 Å². The molecule has 88 valence electrons. The standard InChI is InChI=1S/C11H18N4O/c1-15(8-10-3-2-4-16-10)11-7-13-6-9(5-12)14-11/h6-7,10H,2-5,8,12H2,1H3. The molecule has 0 bridgehead atoms. The Hall–Kier alpha value is -1.20. The fourth-order valence-electron chi connectivity index (χ4n) is 1.86. The molecule has 16 heavy (non-hydrogen) atoms. The summed E-state index contributed by atoms with van der Waals surface area (Å²) in [6.07, 6.45) is 6.08. The molecular weight excluding hydrogens is 204 g/mol. The molecular formula is C11H18N4O. The molecule has 1 aromatic rings. The Labute approximate surface area is 95.6 Å². The minimum atomic E-state index is 0.327. The molecule has 0 saturated carbocycles. The Kier molecular flexibility index (Phi) is 3.69. The van der Waals surface area contributed by atoms with Crippen molar-refractivity contribution < 1.29 is 4.74 Å². The summed E-state index contributed by atoms with van der Waals surface area (Å²) in [4.78, 5) is 10.6. The summed E-state index contributed by atoms with van der Waals surface area (Å²) < 4.78 is 5.59. The lowest BCUT2D eigenvalue weighted by Gasteiger charge is -2.21. The average Bonchev–Trinajstić information content (AvgIpc) is 2.82. The molecule has 5 nitrogen and oxygen atoms in total. The number of hydrogen-bond acceptors (Lipinski definition) is 5. The number of nitrogens with two attached hydrogens (primary N) is 1. The molecule has 1 unspecified atom stereocenters. The lowest BCUT2D eigenvalue weighted by atomic mass is 10.2. The van der Waals surface area contributed by atoms with Gasteiger partial charge < -0.3 is 15.4 Å². The van der Waals surface area contributed by atoms with Crippen molar-refractivity contribution in [1.29, 1.82) is 0 Å². The summed E-state index contributed by atoms with van der Waals surface area (Å²) in [5, 5.41) is 0. The van der Waals surface area contributed by atoms with Gasteiger partial charge >= 0.3 is 0 Å². The monoisotopic (exact) mass is 222 g/mol. The Balaban J connectivity index is 1.98. The molecule has 0 aliphatic carbocycles. The van der Waals surface area contributed by atoms with Gasteiger partial charge in [0.25, 0.3) is 0 Å². The van der Waals surface area contributed by atoms with Gasteiger partial charge in [0, 0.05) is 32.9 Å². The number of ether oxygens (including phenoxy) is 1. The highest BCUT2D eigenvalue weighted by molar-refractivity contribution is 5.35. The maximum Gasteiger partial charge on any atom is 0.147 e. The molecule has 1 aliphatic heterocycles. The molecule has 2 rings (SSSR count). The number of likely N-dealkylation sites (N-methyl/N-ethyl adjacent to an activating group) is 1. The predicted molar refractivity (Wildman–Crippen MR) is 62.2 cm³/mol. The number of nitrogens with zero attached hydrogens (tertiary/aromatic N) is 3. The second-order valence-electron chi connectivity index (χ2n) is 4.09. The van der Waals surface area contributed by atoms with Crippen LogP contribution in [0.2, 0.25) is 0 Å². The lowest BCUT2D eigenvalue weighted by molar-refractivity contribution is 0.116. The summed E-state index contributed by atoms with van der Waals surface area (Å²) in [7, 11) is 2.01. The Morgan fingerprint density at radius 3 is 3.12 bits per heavy atom. The molecule has 0 radical (unpaired) electrons. The average molecular weight is 222 g/mol. The van der Waals surface area contributed by atoms with E-state index < -0.39 is 0 Å². The van der Waals surface area contributed by atoms with Gasteiger partial charge in [-0.15, -0.1) is 0 Å². The largest absolute Gasteiger partial charge is 0.376 e. The van der Waals surface area contributed by atoms with Crippen molar-refractivity contribution >= 4 is 5.82 Å². The van der Waals surface area contributed by atoms with E-state index in [0.29, 0.717) is 12.6 Å². The molecule has 2 N–H and O–H groups in total. The fraction of sp³-hybridized carbons (Fsp3) is 0.636. The van der Waals surface area contributed by atoms with Crippen LogP contribution in [0.1, 0.15) is 18.5 Å². The molecule has 0 spiro atoms. The number of aromatic nitrogens is 2. The van der Waals surface area contributed by atoms with E-state index in [-0.39, 0.29) is 0 Å². The summed E-state index contributed by atoms with van der Waals surface area (Å²) in [6.45, 7) is 2.17. The first-order chi connectivity index (χ1) is 7.79. The third kappa shape index (κ3) is 2.68. The smallest absolute Gasteiger partial charge is 0.147 e. The van der Waals surface area contributed by atoms with E-state index in [1.165, 1.54) is 0 Å². The third-order valence-corrected chi connectivity index (χ3v) is 2.77. The number of hydrogen-bond donors (Lipinski definition) is 1. The molecule has 0 aromatic carbocycles. The molecule has 0 amide bonds. The van der Waals surface area contributed by atoms with Crippen LogP contribution in [0.4, 0.5) is 5.82 Å². The van der Waals surface area contributed by atoms with Crippen LogP contribution >= 0.6 is 0 Å². The van der Waals surface area contributed by atoms with Crippen molar-refractivity contribution in [3.8, 4) is 0 Å². The third-order valence-electron chi connectivity index (χ3n) is 2.77. The van der Waals surface area contributed by atoms with Gasteiger partial charge in [-0.05, 0) is 12.8 Å². The van der Waals surface area contributed by atoms with Gasteiger partial charge in [0.2, 0.25) is 0 Å². The van der Waals surface area contributed by atoms with Crippen LogP contribution in [0.15, 0.2) is 12.4 Å².